The molecular weight excluding hydrogens is 336 g/mol. The largest absolute Gasteiger partial charge is 0.341 e. The second-order valence-electron chi connectivity index (χ2n) is 6.46. The van der Waals surface area contributed by atoms with Gasteiger partial charge in [0, 0.05) is 25.5 Å². The number of carbonyl (C=O) groups is 1. The average molecular weight is 363 g/mol. The molecule has 1 aromatic heterocycles. The number of aromatic nitrogens is 2. The Bertz CT molecular complexity index is 624. The summed E-state index contributed by atoms with van der Waals surface area (Å²) in [7, 11) is 1.99. The molecule has 1 aliphatic rings. The molecule has 0 saturated carbocycles. The SMILES string of the molecule is CNCCC1CCN(C(=O)C(c2ccccc2)n2cccn2)CC1.Cl. The molecule has 25 heavy (non-hydrogen) atoms. The highest BCUT2D eigenvalue weighted by molar-refractivity contribution is 5.85. The standard InChI is InChI=1S/C19H26N4O.ClH/c1-20-12-8-16-9-14-22(15-10-16)19(24)18(23-13-5-11-21-23)17-6-3-2-4-7-17;/h2-7,11,13,16,18,20H,8-10,12,14-15H2,1H3;1H. The van der Waals surface area contributed by atoms with Gasteiger partial charge in [0.15, 0.2) is 6.04 Å². The summed E-state index contributed by atoms with van der Waals surface area (Å²) < 4.78 is 1.77. The zero-order valence-electron chi connectivity index (χ0n) is 14.7. The Balaban J connectivity index is 0.00000225. The van der Waals surface area contributed by atoms with E-state index in [9.17, 15) is 4.79 Å². The molecule has 5 nitrogen and oxygen atoms in total. The van der Waals surface area contributed by atoms with Crippen molar-refractivity contribution in [3.8, 4) is 0 Å². The van der Waals surface area contributed by atoms with Crippen LogP contribution in [0.25, 0.3) is 0 Å². The van der Waals surface area contributed by atoms with Gasteiger partial charge in [-0.05, 0) is 50.4 Å². The molecule has 2 heterocycles. The predicted octanol–water partition coefficient (Wildman–Crippen LogP) is 2.74. The maximum atomic E-state index is 13.2. The van der Waals surface area contributed by atoms with Crippen molar-refractivity contribution in [2.75, 3.05) is 26.7 Å². The number of nitrogens with zero attached hydrogens (tertiary/aromatic N) is 3. The van der Waals surface area contributed by atoms with Crippen LogP contribution in [0.5, 0.6) is 0 Å². The fourth-order valence-corrected chi connectivity index (χ4v) is 3.44. The van der Waals surface area contributed by atoms with E-state index in [0.29, 0.717) is 0 Å². The third kappa shape index (κ3) is 4.83. The minimum Gasteiger partial charge on any atom is -0.341 e. The third-order valence-corrected chi connectivity index (χ3v) is 4.87. The van der Waals surface area contributed by atoms with Crippen molar-refractivity contribution >= 4 is 18.3 Å². The van der Waals surface area contributed by atoms with Gasteiger partial charge in [-0.25, -0.2) is 0 Å². The Labute approximate surface area is 155 Å². The van der Waals surface area contributed by atoms with Crippen LogP contribution in [-0.4, -0.2) is 47.3 Å². The van der Waals surface area contributed by atoms with Gasteiger partial charge in [0.1, 0.15) is 0 Å². The van der Waals surface area contributed by atoms with Gasteiger partial charge >= 0.3 is 0 Å². The Morgan fingerprint density at radius 3 is 2.56 bits per heavy atom. The molecule has 6 heteroatoms. The zero-order valence-corrected chi connectivity index (χ0v) is 15.5. The van der Waals surface area contributed by atoms with Crippen molar-refractivity contribution in [1.29, 1.82) is 0 Å². The molecule has 0 aliphatic carbocycles. The van der Waals surface area contributed by atoms with E-state index in [2.05, 4.69) is 10.4 Å². The van der Waals surface area contributed by atoms with Gasteiger partial charge in [0.05, 0.1) is 0 Å². The molecule has 1 N–H and O–H groups in total. The van der Waals surface area contributed by atoms with Crippen molar-refractivity contribution in [3.05, 3.63) is 54.4 Å². The van der Waals surface area contributed by atoms with Crippen LogP contribution in [0.4, 0.5) is 0 Å². The number of benzene rings is 1. The first-order valence-electron chi connectivity index (χ1n) is 8.77. The molecule has 1 amide bonds. The molecule has 3 rings (SSSR count). The Kier molecular flexibility index (Phi) is 7.47. The number of hydrogen-bond acceptors (Lipinski definition) is 3. The number of hydrogen-bond donors (Lipinski definition) is 1. The van der Waals surface area contributed by atoms with Gasteiger partial charge < -0.3 is 10.2 Å². The predicted molar refractivity (Wildman–Crippen MR) is 102 cm³/mol. The molecule has 136 valence electrons. The van der Waals surface area contributed by atoms with Gasteiger partial charge in [-0.15, -0.1) is 12.4 Å². The zero-order chi connectivity index (χ0) is 16.8. The Hall–Kier alpha value is -1.85. The quantitative estimate of drug-likeness (QED) is 0.859. The van der Waals surface area contributed by atoms with E-state index in [1.807, 2.05) is 54.5 Å². The second-order valence-corrected chi connectivity index (χ2v) is 6.46. The highest BCUT2D eigenvalue weighted by Gasteiger charge is 2.30. The van der Waals surface area contributed by atoms with Crippen LogP contribution < -0.4 is 5.32 Å². The summed E-state index contributed by atoms with van der Waals surface area (Å²) in [6, 6.07) is 11.4. The number of halogens is 1. The highest BCUT2D eigenvalue weighted by Crippen LogP contribution is 2.25. The van der Waals surface area contributed by atoms with Crippen molar-refractivity contribution in [3.63, 3.8) is 0 Å². The number of carbonyl (C=O) groups excluding carboxylic acids is 1. The van der Waals surface area contributed by atoms with E-state index in [-0.39, 0.29) is 24.4 Å². The lowest BCUT2D eigenvalue weighted by Crippen LogP contribution is -2.43. The number of nitrogens with one attached hydrogen (secondary N) is 1. The van der Waals surface area contributed by atoms with E-state index in [4.69, 9.17) is 0 Å². The van der Waals surface area contributed by atoms with Crippen LogP contribution in [0, 0.1) is 5.92 Å². The van der Waals surface area contributed by atoms with E-state index in [1.54, 1.807) is 10.9 Å². The maximum absolute atomic E-state index is 13.2. The first-order valence-corrected chi connectivity index (χ1v) is 8.77. The summed E-state index contributed by atoms with van der Waals surface area (Å²) in [5.74, 6) is 0.873. The molecule has 1 unspecified atom stereocenters. The molecule has 1 aliphatic heterocycles. The Morgan fingerprint density at radius 1 is 1.24 bits per heavy atom. The van der Waals surface area contributed by atoms with Crippen LogP contribution >= 0.6 is 12.4 Å². The first-order chi connectivity index (χ1) is 11.8. The summed E-state index contributed by atoms with van der Waals surface area (Å²) in [6.45, 7) is 2.74. The summed E-state index contributed by atoms with van der Waals surface area (Å²) in [5.41, 5.74) is 0.989. The minimum absolute atomic E-state index is 0. The van der Waals surface area contributed by atoms with Crippen molar-refractivity contribution in [2.24, 2.45) is 5.92 Å². The molecule has 1 fully saturated rings. The normalized spacial score (nSPS) is 16.3. The van der Waals surface area contributed by atoms with Crippen molar-refractivity contribution in [2.45, 2.75) is 25.3 Å². The molecule has 1 aromatic carbocycles. The third-order valence-electron chi connectivity index (χ3n) is 4.87. The molecule has 2 aromatic rings. The summed E-state index contributed by atoms with van der Waals surface area (Å²) in [4.78, 5) is 15.2. The average Bonchev–Trinajstić information content (AvgIpc) is 3.15. The topological polar surface area (TPSA) is 50.2 Å². The molecule has 0 radical (unpaired) electrons. The highest BCUT2D eigenvalue weighted by atomic mass is 35.5. The monoisotopic (exact) mass is 362 g/mol. The summed E-state index contributed by atoms with van der Waals surface area (Å²) in [6.07, 6.45) is 6.98. The molecular formula is C19H27ClN4O. The van der Waals surface area contributed by atoms with E-state index < -0.39 is 0 Å². The summed E-state index contributed by atoms with van der Waals surface area (Å²) >= 11 is 0. The number of piperidine rings is 1. The summed E-state index contributed by atoms with van der Waals surface area (Å²) in [5, 5.41) is 7.54. The smallest absolute Gasteiger partial charge is 0.252 e. The Morgan fingerprint density at radius 2 is 1.96 bits per heavy atom. The van der Waals surface area contributed by atoms with Gasteiger partial charge in [0.25, 0.3) is 5.91 Å². The number of amides is 1. The van der Waals surface area contributed by atoms with Crippen LogP contribution in [0.2, 0.25) is 0 Å². The fraction of sp³-hybridized carbons (Fsp3) is 0.474. The molecule has 0 spiro atoms. The lowest BCUT2D eigenvalue weighted by Gasteiger charge is -2.34. The number of likely N-dealkylation sites (tertiary alicyclic amines) is 1. The fourth-order valence-electron chi connectivity index (χ4n) is 3.44. The first kappa shape index (κ1) is 19.5. The number of rotatable bonds is 6. The van der Waals surface area contributed by atoms with E-state index >= 15 is 0 Å². The molecule has 0 bridgehead atoms. The minimum atomic E-state index is -0.366. The van der Waals surface area contributed by atoms with Crippen LogP contribution in [0.3, 0.4) is 0 Å². The lowest BCUT2D eigenvalue weighted by atomic mass is 9.93. The van der Waals surface area contributed by atoms with Gasteiger partial charge in [-0.2, -0.15) is 5.10 Å². The van der Waals surface area contributed by atoms with E-state index in [0.717, 1.165) is 44.0 Å². The lowest BCUT2D eigenvalue weighted by molar-refractivity contribution is -0.135. The molecule has 1 atom stereocenters. The van der Waals surface area contributed by atoms with Crippen LogP contribution in [0.1, 0.15) is 30.9 Å². The van der Waals surface area contributed by atoms with Crippen molar-refractivity contribution < 1.29 is 4.79 Å². The van der Waals surface area contributed by atoms with Gasteiger partial charge in [-0.3, -0.25) is 9.48 Å². The van der Waals surface area contributed by atoms with E-state index in [1.165, 1.54) is 6.42 Å². The van der Waals surface area contributed by atoms with Crippen LogP contribution in [0.15, 0.2) is 48.8 Å². The molecule has 1 saturated heterocycles. The van der Waals surface area contributed by atoms with Crippen molar-refractivity contribution in [1.82, 2.24) is 20.0 Å². The maximum Gasteiger partial charge on any atom is 0.252 e. The second kappa shape index (κ2) is 9.59. The van der Waals surface area contributed by atoms with Gasteiger partial charge in [0.2, 0.25) is 0 Å². The van der Waals surface area contributed by atoms with Gasteiger partial charge in [-0.1, -0.05) is 30.3 Å². The van der Waals surface area contributed by atoms with Crippen LogP contribution in [-0.2, 0) is 4.79 Å².